The topological polar surface area (TPSA) is 3.24 Å². The van der Waals surface area contributed by atoms with Crippen LogP contribution in [0.2, 0.25) is 0 Å². The minimum Gasteiger partial charge on any atom is -0.309 e. The molecule has 0 heterocycles. The Morgan fingerprint density at radius 3 is 1.44 bits per heavy atom. The molecule has 0 bridgehead atoms. The van der Waals surface area contributed by atoms with Crippen LogP contribution in [-0.2, 0) is 10.8 Å². The highest BCUT2D eigenvalue weighted by molar-refractivity contribution is 6.05. The molecule has 7 aromatic carbocycles. The van der Waals surface area contributed by atoms with Gasteiger partial charge in [-0.25, -0.2) is 0 Å². The Kier molecular flexibility index (Phi) is 9.99. The third-order valence-corrected chi connectivity index (χ3v) is 11.8. The normalized spacial score (nSPS) is 13.9. The molecule has 1 saturated carbocycles. The van der Waals surface area contributed by atoms with Crippen molar-refractivity contribution in [2.24, 2.45) is 0 Å². The van der Waals surface area contributed by atoms with Gasteiger partial charge in [0.1, 0.15) is 0 Å². The Balaban J connectivity index is 1.47. The first-order valence-corrected chi connectivity index (χ1v) is 20.4. The minimum absolute atomic E-state index is 0.00712. The number of fused-ring (bicyclic) bond motifs is 1. The van der Waals surface area contributed by atoms with Gasteiger partial charge in [0.2, 0.25) is 0 Å². The fourth-order valence-corrected chi connectivity index (χ4v) is 8.73. The van der Waals surface area contributed by atoms with Gasteiger partial charge in [-0.1, -0.05) is 188 Å². The summed E-state index contributed by atoms with van der Waals surface area (Å²) in [6.45, 7) is 13.9. The van der Waals surface area contributed by atoms with Crippen LogP contribution in [0.25, 0.3) is 44.2 Å². The Morgan fingerprint density at radius 1 is 0.418 bits per heavy atom. The Morgan fingerprint density at radius 2 is 0.891 bits per heavy atom. The van der Waals surface area contributed by atoms with E-state index in [0.717, 1.165) is 0 Å². The van der Waals surface area contributed by atoms with E-state index in [0.29, 0.717) is 5.92 Å². The lowest BCUT2D eigenvalue weighted by atomic mass is 9.80. The monoisotopic (exact) mass is 717 g/mol. The zero-order chi connectivity index (χ0) is 38.2. The van der Waals surface area contributed by atoms with Crippen LogP contribution >= 0.6 is 0 Å². The molecule has 1 aliphatic carbocycles. The lowest BCUT2D eigenvalue weighted by Gasteiger charge is -2.34. The third kappa shape index (κ3) is 7.38. The second-order valence-electron chi connectivity index (χ2n) is 17.6. The first-order chi connectivity index (χ1) is 26.6. The van der Waals surface area contributed by atoms with Gasteiger partial charge in [0, 0.05) is 16.7 Å². The molecule has 7 aromatic rings. The van der Waals surface area contributed by atoms with Crippen molar-refractivity contribution >= 4 is 27.8 Å². The molecule has 8 rings (SSSR count). The predicted molar refractivity (Wildman–Crippen MR) is 238 cm³/mol. The van der Waals surface area contributed by atoms with Crippen LogP contribution in [0.5, 0.6) is 0 Å². The highest BCUT2D eigenvalue weighted by Gasteiger charge is 2.28. The van der Waals surface area contributed by atoms with Gasteiger partial charge in [-0.05, 0) is 104 Å². The summed E-state index contributed by atoms with van der Waals surface area (Å²) in [6, 6.07) is 59.3. The number of hydrogen-bond acceptors (Lipinski definition) is 1. The van der Waals surface area contributed by atoms with Gasteiger partial charge in [-0.3, -0.25) is 0 Å². The quantitative estimate of drug-likeness (QED) is 0.159. The maximum absolute atomic E-state index is 2.57. The summed E-state index contributed by atoms with van der Waals surface area (Å²) in [5, 5.41) is 2.72. The van der Waals surface area contributed by atoms with E-state index in [1.54, 1.807) is 0 Å². The fraction of sp³-hybridized carbons (Fsp3) is 0.259. The first-order valence-electron chi connectivity index (χ1n) is 20.4. The van der Waals surface area contributed by atoms with Crippen molar-refractivity contribution in [2.45, 2.75) is 90.4 Å². The number of benzene rings is 7. The molecule has 55 heavy (non-hydrogen) atoms. The lowest BCUT2D eigenvalue weighted by Crippen LogP contribution is -2.17. The minimum atomic E-state index is -0.00712. The van der Waals surface area contributed by atoms with Crippen molar-refractivity contribution in [1.82, 2.24) is 0 Å². The standard InChI is InChI=1S/C54H55N/c1-53(2,3)42-32-34-50(47(36-42)39-22-12-8-13-23-39)55(51-35-33-43(54(4,5)6)37-48(51)40-24-14-9-15-25-40)49-31-17-16-28-45(49)46-30-19-27-41-26-18-29-44(52(41)46)38-20-10-7-11-21-38/h8-9,12-19,22-38H,7,10-11,20-21H2,1-6H3. The fourth-order valence-electron chi connectivity index (χ4n) is 8.73. The summed E-state index contributed by atoms with van der Waals surface area (Å²) in [5.41, 5.74) is 15.1. The molecule has 1 fully saturated rings. The molecule has 0 aromatic heterocycles. The molecule has 1 aliphatic rings. The Labute approximate surface area is 329 Å². The molecule has 0 unspecified atom stereocenters. The zero-order valence-corrected chi connectivity index (χ0v) is 33.6. The molecule has 0 radical (unpaired) electrons. The van der Waals surface area contributed by atoms with E-state index in [9.17, 15) is 0 Å². The average Bonchev–Trinajstić information content (AvgIpc) is 3.21. The molecule has 1 heteroatoms. The molecular weight excluding hydrogens is 663 g/mol. The number of rotatable bonds is 7. The van der Waals surface area contributed by atoms with Crippen LogP contribution in [-0.4, -0.2) is 0 Å². The van der Waals surface area contributed by atoms with E-state index in [1.807, 2.05) is 0 Å². The molecule has 0 aliphatic heterocycles. The molecule has 1 nitrogen and oxygen atoms in total. The van der Waals surface area contributed by atoms with Gasteiger partial charge in [-0.2, -0.15) is 0 Å². The average molecular weight is 718 g/mol. The Hall–Kier alpha value is -5.40. The lowest BCUT2D eigenvalue weighted by molar-refractivity contribution is 0.445. The summed E-state index contributed by atoms with van der Waals surface area (Å²) in [4.78, 5) is 2.57. The van der Waals surface area contributed by atoms with Crippen molar-refractivity contribution in [3.63, 3.8) is 0 Å². The van der Waals surface area contributed by atoms with Crippen LogP contribution in [0, 0.1) is 0 Å². The SMILES string of the molecule is CC(C)(C)c1ccc(N(c2ccc(C(C)(C)C)cc2-c2ccccc2)c2ccccc2-c2cccc3cccc(C4CCCCC4)c23)c(-c2ccccc2)c1. The van der Waals surface area contributed by atoms with E-state index < -0.39 is 0 Å². The van der Waals surface area contributed by atoms with E-state index >= 15 is 0 Å². The van der Waals surface area contributed by atoms with Crippen LogP contribution in [0.4, 0.5) is 17.1 Å². The van der Waals surface area contributed by atoms with Gasteiger partial charge < -0.3 is 4.90 Å². The van der Waals surface area contributed by atoms with E-state index in [-0.39, 0.29) is 10.8 Å². The summed E-state index contributed by atoms with van der Waals surface area (Å²) >= 11 is 0. The molecule has 0 amide bonds. The van der Waals surface area contributed by atoms with Gasteiger partial charge in [0.15, 0.2) is 0 Å². The molecule has 0 N–H and O–H groups in total. The third-order valence-electron chi connectivity index (χ3n) is 11.8. The van der Waals surface area contributed by atoms with Gasteiger partial charge in [-0.15, -0.1) is 0 Å². The van der Waals surface area contributed by atoms with Gasteiger partial charge in [0.05, 0.1) is 17.1 Å². The number of anilines is 3. The molecule has 0 atom stereocenters. The second kappa shape index (κ2) is 15.0. The predicted octanol–water partition coefficient (Wildman–Crippen LogP) is 16.0. The summed E-state index contributed by atoms with van der Waals surface area (Å²) in [7, 11) is 0. The van der Waals surface area contributed by atoms with Crippen molar-refractivity contribution < 1.29 is 0 Å². The first kappa shape index (κ1) is 36.6. The van der Waals surface area contributed by atoms with Crippen LogP contribution in [0.15, 0.2) is 158 Å². The van der Waals surface area contributed by atoms with E-state index in [2.05, 4.69) is 204 Å². The van der Waals surface area contributed by atoms with Crippen LogP contribution in [0.1, 0.15) is 96.3 Å². The maximum atomic E-state index is 2.57. The number of para-hydroxylation sites is 1. The van der Waals surface area contributed by atoms with Crippen molar-refractivity contribution in [3.05, 3.63) is 174 Å². The largest absolute Gasteiger partial charge is 0.309 e. The highest BCUT2D eigenvalue weighted by Crippen LogP contribution is 2.50. The van der Waals surface area contributed by atoms with E-state index in [4.69, 9.17) is 0 Å². The van der Waals surface area contributed by atoms with Gasteiger partial charge >= 0.3 is 0 Å². The van der Waals surface area contributed by atoms with Gasteiger partial charge in [0.25, 0.3) is 0 Å². The van der Waals surface area contributed by atoms with Crippen LogP contribution in [0.3, 0.4) is 0 Å². The maximum Gasteiger partial charge on any atom is 0.0540 e. The molecule has 0 spiro atoms. The summed E-state index contributed by atoms with van der Waals surface area (Å²) < 4.78 is 0. The zero-order valence-electron chi connectivity index (χ0n) is 33.6. The van der Waals surface area contributed by atoms with Crippen molar-refractivity contribution in [2.75, 3.05) is 4.90 Å². The molecular formula is C54H55N. The van der Waals surface area contributed by atoms with Crippen LogP contribution < -0.4 is 4.90 Å². The summed E-state index contributed by atoms with van der Waals surface area (Å²) in [5.74, 6) is 0.589. The van der Waals surface area contributed by atoms with Crippen molar-refractivity contribution in [1.29, 1.82) is 0 Å². The highest BCUT2D eigenvalue weighted by atomic mass is 15.1. The molecule has 276 valence electrons. The Bertz CT molecular complexity index is 2310. The number of hydrogen-bond donors (Lipinski definition) is 0. The second-order valence-corrected chi connectivity index (χ2v) is 17.6. The van der Waals surface area contributed by atoms with E-state index in [1.165, 1.54) is 110 Å². The summed E-state index contributed by atoms with van der Waals surface area (Å²) in [6.07, 6.45) is 6.51. The number of nitrogens with zero attached hydrogens (tertiary/aromatic N) is 1. The smallest absolute Gasteiger partial charge is 0.0540 e. The molecule has 0 saturated heterocycles. The van der Waals surface area contributed by atoms with Crippen molar-refractivity contribution in [3.8, 4) is 33.4 Å².